The van der Waals surface area contributed by atoms with Crippen LogP contribution in [0, 0.1) is 11.7 Å². The van der Waals surface area contributed by atoms with Crippen LogP contribution >= 0.6 is 15.9 Å². The molecule has 0 aliphatic rings. The molecule has 4 heteroatoms. The van der Waals surface area contributed by atoms with Gasteiger partial charge in [-0.25, -0.2) is 4.39 Å². The molecule has 2 nitrogen and oxygen atoms in total. The van der Waals surface area contributed by atoms with Crippen LogP contribution in [0.4, 0.5) is 4.39 Å². The van der Waals surface area contributed by atoms with Crippen LogP contribution in [0.5, 0.6) is 5.75 Å². The molecule has 0 heterocycles. The highest BCUT2D eigenvalue weighted by molar-refractivity contribution is 9.10. The van der Waals surface area contributed by atoms with E-state index in [-0.39, 0.29) is 11.9 Å². The van der Waals surface area contributed by atoms with Crippen molar-refractivity contribution >= 4 is 15.9 Å². The summed E-state index contributed by atoms with van der Waals surface area (Å²) in [4.78, 5) is 0. The van der Waals surface area contributed by atoms with Crippen molar-refractivity contribution in [1.82, 2.24) is 0 Å². The molecule has 0 saturated carbocycles. The number of nitrogens with two attached hydrogens (primary N) is 1. The number of rotatable bonds is 5. The molecule has 0 aliphatic heterocycles. The minimum atomic E-state index is -0.331. The lowest BCUT2D eigenvalue weighted by Crippen LogP contribution is -2.21. The Balaban J connectivity index is 3.15. The van der Waals surface area contributed by atoms with Gasteiger partial charge >= 0.3 is 0 Å². The Labute approximate surface area is 110 Å². The molecule has 0 aromatic heterocycles. The highest BCUT2D eigenvalue weighted by Gasteiger charge is 2.21. The fourth-order valence-electron chi connectivity index (χ4n) is 2.03. The van der Waals surface area contributed by atoms with Gasteiger partial charge in [0.1, 0.15) is 11.6 Å². The minimum absolute atomic E-state index is 0.128. The molecule has 1 unspecified atom stereocenters. The number of hydrogen-bond acceptors (Lipinski definition) is 2. The van der Waals surface area contributed by atoms with Crippen LogP contribution in [0.1, 0.15) is 38.3 Å². The molecule has 1 aromatic carbocycles. The lowest BCUT2D eigenvalue weighted by atomic mass is 9.89. The molecular formula is C13H19BrFNO. The van der Waals surface area contributed by atoms with Crippen molar-refractivity contribution in [3.05, 3.63) is 28.0 Å². The number of halogens is 2. The van der Waals surface area contributed by atoms with E-state index in [2.05, 4.69) is 29.8 Å². The van der Waals surface area contributed by atoms with E-state index in [0.29, 0.717) is 16.1 Å². The van der Waals surface area contributed by atoms with Gasteiger partial charge in [-0.05, 0) is 27.9 Å². The zero-order valence-corrected chi connectivity index (χ0v) is 12.1. The Morgan fingerprint density at radius 2 is 1.94 bits per heavy atom. The third-order valence-corrected chi connectivity index (χ3v) is 3.80. The van der Waals surface area contributed by atoms with Gasteiger partial charge < -0.3 is 10.5 Å². The topological polar surface area (TPSA) is 35.2 Å². The summed E-state index contributed by atoms with van der Waals surface area (Å²) in [7, 11) is 1.53. The molecule has 2 N–H and O–H groups in total. The average Bonchev–Trinajstić information content (AvgIpc) is 2.33. The molecule has 1 atom stereocenters. The van der Waals surface area contributed by atoms with Gasteiger partial charge in [-0.15, -0.1) is 0 Å². The first-order valence-electron chi connectivity index (χ1n) is 5.83. The largest absolute Gasteiger partial charge is 0.496 e. The summed E-state index contributed by atoms with van der Waals surface area (Å²) in [5, 5.41) is 0. The summed E-state index contributed by atoms with van der Waals surface area (Å²) < 4.78 is 19.0. The van der Waals surface area contributed by atoms with E-state index in [4.69, 9.17) is 10.5 Å². The van der Waals surface area contributed by atoms with Crippen LogP contribution in [-0.4, -0.2) is 7.11 Å². The second-order valence-corrected chi connectivity index (χ2v) is 4.96. The first-order chi connectivity index (χ1) is 8.04. The number of benzene rings is 1. The third-order valence-electron chi connectivity index (χ3n) is 3.19. The standard InChI is InChI=1S/C13H19BrFNO/c1-4-8(5-2)13(16)9-6-10(14)11(15)7-12(9)17-3/h6-8,13H,4-5,16H2,1-3H3. The molecule has 1 aromatic rings. The lowest BCUT2D eigenvalue weighted by Gasteiger charge is -2.23. The maximum Gasteiger partial charge on any atom is 0.141 e. The molecule has 0 aliphatic carbocycles. The number of methoxy groups -OCH3 is 1. The summed E-state index contributed by atoms with van der Waals surface area (Å²) >= 11 is 3.18. The molecule has 0 bridgehead atoms. The normalized spacial score (nSPS) is 12.9. The molecule has 0 saturated heterocycles. The monoisotopic (exact) mass is 303 g/mol. The van der Waals surface area contributed by atoms with Crippen LogP contribution in [0.3, 0.4) is 0 Å². The van der Waals surface area contributed by atoms with Gasteiger partial charge in [0, 0.05) is 17.7 Å². The molecule has 1 rings (SSSR count). The second-order valence-electron chi connectivity index (χ2n) is 4.11. The van der Waals surface area contributed by atoms with Crippen LogP contribution in [0.15, 0.2) is 16.6 Å². The van der Waals surface area contributed by atoms with Crippen molar-refractivity contribution in [3.63, 3.8) is 0 Å². The SMILES string of the molecule is CCC(CC)C(N)c1cc(Br)c(F)cc1OC. The molecular weight excluding hydrogens is 285 g/mol. The predicted molar refractivity (Wildman–Crippen MR) is 71.7 cm³/mol. The zero-order valence-electron chi connectivity index (χ0n) is 10.5. The van der Waals surface area contributed by atoms with E-state index in [9.17, 15) is 4.39 Å². The van der Waals surface area contributed by atoms with E-state index in [1.54, 1.807) is 6.07 Å². The van der Waals surface area contributed by atoms with Crippen LogP contribution in [0.25, 0.3) is 0 Å². The van der Waals surface area contributed by atoms with E-state index >= 15 is 0 Å². The first kappa shape index (κ1) is 14.5. The van der Waals surface area contributed by atoms with Gasteiger partial charge in [0.05, 0.1) is 11.6 Å². The molecule has 0 radical (unpaired) electrons. The van der Waals surface area contributed by atoms with Gasteiger partial charge in [-0.1, -0.05) is 26.7 Å². The van der Waals surface area contributed by atoms with Crippen LogP contribution < -0.4 is 10.5 Å². The Morgan fingerprint density at radius 1 is 1.35 bits per heavy atom. The quantitative estimate of drug-likeness (QED) is 0.891. The minimum Gasteiger partial charge on any atom is -0.496 e. The van der Waals surface area contributed by atoms with Crippen molar-refractivity contribution < 1.29 is 9.13 Å². The Morgan fingerprint density at radius 3 is 2.41 bits per heavy atom. The fourth-order valence-corrected chi connectivity index (χ4v) is 2.39. The van der Waals surface area contributed by atoms with E-state index in [0.717, 1.165) is 18.4 Å². The van der Waals surface area contributed by atoms with E-state index in [1.807, 2.05) is 0 Å². The average molecular weight is 304 g/mol. The van der Waals surface area contributed by atoms with Gasteiger partial charge in [0.15, 0.2) is 0 Å². The summed E-state index contributed by atoms with van der Waals surface area (Å²) in [6.45, 7) is 4.22. The third kappa shape index (κ3) is 3.19. The van der Waals surface area contributed by atoms with E-state index in [1.165, 1.54) is 13.2 Å². The van der Waals surface area contributed by atoms with Crippen molar-refractivity contribution in [1.29, 1.82) is 0 Å². The van der Waals surface area contributed by atoms with Crippen LogP contribution in [0.2, 0.25) is 0 Å². The summed E-state index contributed by atoms with van der Waals surface area (Å²) in [5.74, 6) is 0.564. The van der Waals surface area contributed by atoms with Gasteiger partial charge in [-0.2, -0.15) is 0 Å². The number of hydrogen-bond donors (Lipinski definition) is 1. The molecule has 0 amide bonds. The Kier molecular flexibility index (Phi) is 5.40. The maximum absolute atomic E-state index is 13.4. The first-order valence-corrected chi connectivity index (χ1v) is 6.62. The highest BCUT2D eigenvalue weighted by atomic mass is 79.9. The van der Waals surface area contributed by atoms with Gasteiger partial charge in [-0.3, -0.25) is 0 Å². The summed E-state index contributed by atoms with van der Waals surface area (Å²) in [6, 6.07) is 2.97. The van der Waals surface area contributed by atoms with Crippen molar-refractivity contribution in [3.8, 4) is 5.75 Å². The van der Waals surface area contributed by atoms with Crippen LogP contribution in [-0.2, 0) is 0 Å². The predicted octanol–water partition coefficient (Wildman–Crippen LogP) is 4.03. The van der Waals surface area contributed by atoms with Gasteiger partial charge in [0.2, 0.25) is 0 Å². The number of ether oxygens (including phenoxy) is 1. The molecule has 17 heavy (non-hydrogen) atoms. The second kappa shape index (κ2) is 6.36. The molecule has 0 fully saturated rings. The van der Waals surface area contributed by atoms with Gasteiger partial charge in [0.25, 0.3) is 0 Å². The summed E-state index contributed by atoms with van der Waals surface area (Å²) in [6.07, 6.45) is 1.99. The fraction of sp³-hybridized carbons (Fsp3) is 0.538. The summed E-state index contributed by atoms with van der Waals surface area (Å²) in [5.41, 5.74) is 7.09. The van der Waals surface area contributed by atoms with Crippen molar-refractivity contribution in [2.45, 2.75) is 32.7 Å². The van der Waals surface area contributed by atoms with Crippen molar-refractivity contribution in [2.75, 3.05) is 7.11 Å². The highest BCUT2D eigenvalue weighted by Crippen LogP contribution is 2.34. The smallest absolute Gasteiger partial charge is 0.141 e. The maximum atomic E-state index is 13.4. The Bertz CT molecular complexity index is 380. The molecule has 0 spiro atoms. The lowest BCUT2D eigenvalue weighted by molar-refractivity contribution is 0.368. The van der Waals surface area contributed by atoms with Crippen molar-refractivity contribution in [2.24, 2.45) is 11.7 Å². The van der Waals surface area contributed by atoms with E-state index < -0.39 is 0 Å². The molecule has 96 valence electrons. The zero-order chi connectivity index (χ0) is 13.0. The Hall–Kier alpha value is -0.610.